The molecule has 3 aromatic carbocycles. The predicted molar refractivity (Wildman–Crippen MR) is 109 cm³/mol. The number of amides is 2. The van der Waals surface area contributed by atoms with Gasteiger partial charge in [0.15, 0.2) is 0 Å². The summed E-state index contributed by atoms with van der Waals surface area (Å²) in [5.74, 6) is -0.288. The van der Waals surface area contributed by atoms with Gasteiger partial charge in [-0.2, -0.15) is 0 Å². The molecule has 0 saturated heterocycles. The molecule has 2 amide bonds. The van der Waals surface area contributed by atoms with Crippen LogP contribution in [-0.2, 0) is 11.2 Å². The van der Waals surface area contributed by atoms with Gasteiger partial charge in [-0.05, 0) is 36.8 Å². The first kappa shape index (κ1) is 18.4. The molecule has 136 valence electrons. The van der Waals surface area contributed by atoms with E-state index < -0.39 is 0 Å². The zero-order valence-electron chi connectivity index (χ0n) is 15.3. The van der Waals surface area contributed by atoms with Crippen LogP contribution in [0.5, 0.6) is 0 Å². The highest BCUT2D eigenvalue weighted by molar-refractivity contribution is 6.11. The van der Waals surface area contributed by atoms with Crippen LogP contribution >= 0.6 is 0 Å². The molecule has 0 heterocycles. The quantitative estimate of drug-likeness (QED) is 0.703. The molecule has 27 heavy (non-hydrogen) atoms. The molecule has 3 aromatic rings. The second-order valence-corrected chi connectivity index (χ2v) is 6.14. The molecule has 0 atom stereocenters. The van der Waals surface area contributed by atoms with Crippen LogP contribution in [0.15, 0.2) is 84.9 Å². The standard InChI is InChI=1S/C23H22N2O2/c1-2-25(19-13-7-4-8-14-19)23(27)20-15-9-10-16-21(20)24-22(26)17-18-11-5-3-6-12-18/h3-16H,2,17H2,1H3,(H,24,26). The Labute approximate surface area is 159 Å². The number of hydrogen-bond acceptors (Lipinski definition) is 2. The van der Waals surface area contributed by atoms with E-state index in [4.69, 9.17) is 0 Å². The van der Waals surface area contributed by atoms with Crippen LogP contribution in [0.1, 0.15) is 22.8 Å². The molecule has 0 aromatic heterocycles. The van der Waals surface area contributed by atoms with Crippen molar-refractivity contribution in [2.75, 3.05) is 16.8 Å². The molecule has 3 rings (SSSR count). The highest BCUT2D eigenvalue weighted by atomic mass is 16.2. The van der Waals surface area contributed by atoms with E-state index in [-0.39, 0.29) is 18.2 Å². The lowest BCUT2D eigenvalue weighted by Gasteiger charge is -2.22. The van der Waals surface area contributed by atoms with Crippen LogP contribution in [0.4, 0.5) is 11.4 Å². The summed E-state index contributed by atoms with van der Waals surface area (Å²) in [6.45, 7) is 2.47. The number of nitrogens with zero attached hydrogens (tertiary/aromatic N) is 1. The smallest absolute Gasteiger partial charge is 0.260 e. The molecule has 0 aliphatic rings. The molecule has 0 bridgehead atoms. The highest BCUT2D eigenvalue weighted by Gasteiger charge is 2.19. The zero-order valence-corrected chi connectivity index (χ0v) is 15.3. The van der Waals surface area contributed by atoms with Crippen molar-refractivity contribution in [1.29, 1.82) is 0 Å². The Morgan fingerprint density at radius 2 is 1.41 bits per heavy atom. The highest BCUT2D eigenvalue weighted by Crippen LogP contribution is 2.22. The van der Waals surface area contributed by atoms with Crippen molar-refractivity contribution in [2.24, 2.45) is 0 Å². The molecule has 0 spiro atoms. The Bertz CT molecular complexity index is 908. The fourth-order valence-corrected chi connectivity index (χ4v) is 2.95. The van der Waals surface area contributed by atoms with Gasteiger partial charge < -0.3 is 10.2 Å². The van der Waals surface area contributed by atoms with Crippen LogP contribution in [0, 0.1) is 0 Å². The Balaban J connectivity index is 1.81. The molecule has 0 fully saturated rings. The third kappa shape index (κ3) is 4.61. The summed E-state index contributed by atoms with van der Waals surface area (Å²) < 4.78 is 0. The fourth-order valence-electron chi connectivity index (χ4n) is 2.95. The van der Waals surface area contributed by atoms with Gasteiger partial charge in [-0.1, -0.05) is 60.7 Å². The lowest BCUT2D eigenvalue weighted by molar-refractivity contribution is -0.115. The van der Waals surface area contributed by atoms with Gasteiger partial charge in [-0.3, -0.25) is 9.59 Å². The van der Waals surface area contributed by atoms with Crippen LogP contribution in [-0.4, -0.2) is 18.4 Å². The van der Waals surface area contributed by atoms with Crippen molar-refractivity contribution < 1.29 is 9.59 Å². The Hall–Kier alpha value is -3.40. The second-order valence-electron chi connectivity index (χ2n) is 6.14. The molecule has 4 nitrogen and oxygen atoms in total. The molecule has 0 aliphatic carbocycles. The van der Waals surface area contributed by atoms with E-state index in [1.807, 2.05) is 73.7 Å². The zero-order chi connectivity index (χ0) is 19.1. The minimum atomic E-state index is -0.149. The Morgan fingerprint density at radius 3 is 2.07 bits per heavy atom. The van der Waals surface area contributed by atoms with Gasteiger partial charge in [0.05, 0.1) is 17.7 Å². The predicted octanol–water partition coefficient (Wildman–Crippen LogP) is 4.53. The average molecular weight is 358 g/mol. The van der Waals surface area contributed by atoms with Gasteiger partial charge in [0.1, 0.15) is 0 Å². The lowest BCUT2D eigenvalue weighted by Crippen LogP contribution is -2.31. The molecule has 0 radical (unpaired) electrons. The van der Waals surface area contributed by atoms with Gasteiger partial charge in [-0.25, -0.2) is 0 Å². The summed E-state index contributed by atoms with van der Waals surface area (Å²) in [6, 6.07) is 26.2. The van der Waals surface area contributed by atoms with Crippen molar-refractivity contribution in [3.05, 3.63) is 96.1 Å². The number of carbonyl (C=O) groups is 2. The van der Waals surface area contributed by atoms with Crippen LogP contribution in [0.3, 0.4) is 0 Å². The summed E-state index contributed by atoms with van der Waals surface area (Å²) >= 11 is 0. The van der Waals surface area contributed by atoms with Crippen molar-refractivity contribution in [2.45, 2.75) is 13.3 Å². The van der Waals surface area contributed by atoms with Gasteiger partial charge in [0.25, 0.3) is 5.91 Å². The van der Waals surface area contributed by atoms with E-state index in [9.17, 15) is 9.59 Å². The summed E-state index contributed by atoms with van der Waals surface area (Å²) in [4.78, 5) is 27.2. The normalized spacial score (nSPS) is 10.3. The van der Waals surface area contributed by atoms with Gasteiger partial charge in [0.2, 0.25) is 5.91 Å². The first-order chi connectivity index (χ1) is 13.2. The Morgan fingerprint density at radius 1 is 0.815 bits per heavy atom. The van der Waals surface area contributed by atoms with Crippen molar-refractivity contribution in [3.8, 4) is 0 Å². The first-order valence-electron chi connectivity index (χ1n) is 8.98. The molecule has 4 heteroatoms. The van der Waals surface area contributed by atoms with Crippen molar-refractivity contribution >= 4 is 23.2 Å². The second kappa shape index (κ2) is 8.81. The number of benzene rings is 3. The molecular weight excluding hydrogens is 336 g/mol. The SMILES string of the molecule is CCN(C(=O)c1ccccc1NC(=O)Cc1ccccc1)c1ccccc1. The summed E-state index contributed by atoms with van der Waals surface area (Å²) in [5.41, 5.74) is 2.76. The molecule has 0 aliphatic heterocycles. The van der Waals surface area contributed by atoms with Crippen LogP contribution < -0.4 is 10.2 Å². The number of hydrogen-bond donors (Lipinski definition) is 1. The largest absolute Gasteiger partial charge is 0.325 e. The Kier molecular flexibility index (Phi) is 6.00. The third-order valence-electron chi connectivity index (χ3n) is 4.27. The summed E-state index contributed by atoms with van der Waals surface area (Å²) in [6.07, 6.45) is 0.263. The van der Waals surface area contributed by atoms with Crippen molar-refractivity contribution in [1.82, 2.24) is 0 Å². The third-order valence-corrected chi connectivity index (χ3v) is 4.27. The number of nitrogens with one attached hydrogen (secondary N) is 1. The topological polar surface area (TPSA) is 49.4 Å². The molecule has 1 N–H and O–H groups in total. The van der Waals surface area contributed by atoms with Gasteiger partial charge in [0, 0.05) is 12.2 Å². The first-order valence-corrected chi connectivity index (χ1v) is 8.98. The number of para-hydroxylation sites is 2. The molecule has 0 unspecified atom stereocenters. The van der Waals surface area contributed by atoms with E-state index in [1.54, 1.807) is 23.1 Å². The summed E-state index contributed by atoms with van der Waals surface area (Å²) in [7, 11) is 0. The monoisotopic (exact) mass is 358 g/mol. The number of carbonyl (C=O) groups excluding carboxylic acids is 2. The fraction of sp³-hybridized carbons (Fsp3) is 0.130. The van der Waals surface area contributed by atoms with Crippen LogP contribution in [0.25, 0.3) is 0 Å². The van der Waals surface area contributed by atoms with E-state index in [0.717, 1.165) is 11.3 Å². The van der Waals surface area contributed by atoms with E-state index in [1.165, 1.54) is 0 Å². The van der Waals surface area contributed by atoms with Gasteiger partial charge >= 0.3 is 0 Å². The minimum Gasteiger partial charge on any atom is -0.325 e. The number of rotatable bonds is 6. The van der Waals surface area contributed by atoms with E-state index >= 15 is 0 Å². The van der Waals surface area contributed by atoms with Crippen LogP contribution in [0.2, 0.25) is 0 Å². The average Bonchev–Trinajstić information content (AvgIpc) is 2.70. The van der Waals surface area contributed by atoms with Gasteiger partial charge in [-0.15, -0.1) is 0 Å². The maximum atomic E-state index is 13.1. The summed E-state index contributed by atoms with van der Waals surface area (Å²) in [5, 5.41) is 2.88. The van der Waals surface area contributed by atoms with Crippen molar-refractivity contribution in [3.63, 3.8) is 0 Å². The van der Waals surface area contributed by atoms with E-state index in [0.29, 0.717) is 17.8 Å². The lowest BCUT2D eigenvalue weighted by atomic mass is 10.1. The van der Waals surface area contributed by atoms with E-state index in [2.05, 4.69) is 5.32 Å². The maximum Gasteiger partial charge on any atom is 0.260 e. The molecule has 0 saturated carbocycles. The molecular formula is C23H22N2O2. The number of anilines is 2. The minimum absolute atomic E-state index is 0.140. The maximum absolute atomic E-state index is 13.1.